The van der Waals surface area contributed by atoms with Crippen LogP contribution in [0.15, 0.2) is 35.2 Å². The van der Waals surface area contributed by atoms with Gasteiger partial charge in [-0.3, -0.25) is 9.59 Å². The molecule has 2 aromatic carbocycles. The van der Waals surface area contributed by atoms with Crippen molar-refractivity contribution in [1.82, 2.24) is 4.31 Å². The Bertz CT molecular complexity index is 1240. The first-order chi connectivity index (χ1) is 15.6. The third kappa shape index (κ3) is 4.68. The van der Waals surface area contributed by atoms with Gasteiger partial charge in [0.2, 0.25) is 15.9 Å². The van der Waals surface area contributed by atoms with Crippen LogP contribution >= 0.6 is 11.6 Å². The number of hydrogen-bond acceptors (Lipinski definition) is 5. The second-order valence-electron chi connectivity index (χ2n) is 8.18. The van der Waals surface area contributed by atoms with Gasteiger partial charge in [0.05, 0.1) is 21.5 Å². The largest absolute Gasteiger partial charge is 0.479 e. The van der Waals surface area contributed by atoms with Crippen LogP contribution in [-0.4, -0.2) is 43.7 Å². The Morgan fingerprint density at radius 3 is 2.79 bits per heavy atom. The van der Waals surface area contributed by atoms with Crippen molar-refractivity contribution in [3.63, 3.8) is 0 Å². The number of anilines is 2. The number of halogens is 2. The third-order valence-corrected chi connectivity index (χ3v) is 8.06. The summed E-state index contributed by atoms with van der Waals surface area (Å²) < 4.78 is 47.1. The van der Waals surface area contributed by atoms with Crippen LogP contribution in [0, 0.1) is 18.7 Å². The van der Waals surface area contributed by atoms with Gasteiger partial charge in [0.1, 0.15) is 11.6 Å². The van der Waals surface area contributed by atoms with Gasteiger partial charge in [-0.25, -0.2) is 12.8 Å². The quantitative estimate of drug-likeness (QED) is 0.675. The summed E-state index contributed by atoms with van der Waals surface area (Å²) in [5.74, 6) is -1.55. The molecule has 0 bridgehead atoms. The van der Waals surface area contributed by atoms with Crippen molar-refractivity contribution in [1.29, 1.82) is 0 Å². The summed E-state index contributed by atoms with van der Waals surface area (Å²) >= 11 is 5.77. The van der Waals surface area contributed by atoms with E-state index >= 15 is 0 Å². The molecule has 33 heavy (non-hydrogen) atoms. The molecule has 0 spiro atoms. The molecule has 2 aliphatic rings. The molecule has 0 saturated carbocycles. The summed E-state index contributed by atoms with van der Waals surface area (Å²) in [4.78, 5) is 24.7. The Morgan fingerprint density at radius 2 is 2.06 bits per heavy atom. The predicted molar refractivity (Wildman–Crippen MR) is 121 cm³/mol. The lowest BCUT2D eigenvalue weighted by Crippen LogP contribution is -2.44. The molecule has 0 aromatic heterocycles. The zero-order valence-corrected chi connectivity index (χ0v) is 19.6. The number of amides is 2. The van der Waals surface area contributed by atoms with Gasteiger partial charge in [0.25, 0.3) is 5.91 Å². The molecule has 2 atom stereocenters. The summed E-state index contributed by atoms with van der Waals surface area (Å²) in [6.07, 6.45) is 0.288. The lowest BCUT2D eigenvalue weighted by atomic mass is 9.99. The van der Waals surface area contributed by atoms with E-state index in [1.165, 1.54) is 22.5 Å². The highest BCUT2D eigenvalue weighted by Gasteiger charge is 2.35. The zero-order chi connectivity index (χ0) is 23.9. The first kappa shape index (κ1) is 23.5. The highest BCUT2D eigenvalue weighted by atomic mass is 35.5. The maximum absolute atomic E-state index is 13.4. The van der Waals surface area contributed by atoms with Crippen LogP contribution in [0.1, 0.15) is 25.3 Å². The molecular formula is C22H23ClFN3O5S. The molecule has 11 heteroatoms. The Labute approximate surface area is 196 Å². The molecule has 176 valence electrons. The van der Waals surface area contributed by atoms with E-state index in [0.29, 0.717) is 29.8 Å². The number of sulfonamides is 1. The van der Waals surface area contributed by atoms with Crippen LogP contribution in [0.4, 0.5) is 15.8 Å². The van der Waals surface area contributed by atoms with Gasteiger partial charge >= 0.3 is 0 Å². The molecule has 2 aliphatic heterocycles. The standard InChI is InChI=1S/C22H23ClFN3O5S/c1-12-8-18-19(32-13(2)21(28)26-18)10-20(12)33(30,31)27-7-3-4-14(11-27)22(29)25-15-5-6-17(24)16(23)9-15/h5-6,8-10,13-14H,3-4,7,11H2,1-2H3,(H,25,29)(H,26,28)/t13-,14+/m0/s1. The number of ether oxygens (including phenoxy) is 1. The summed E-state index contributed by atoms with van der Waals surface area (Å²) in [7, 11) is -3.92. The first-order valence-corrected chi connectivity index (χ1v) is 12.3. The van der Waals surface area contributed by atoms with Crippen LogP contribution in [0.2, 0.25) is 5.02 Å². The van der Waals surface area contributed by atoms with E-state index in [0.717, 1.165) is 6.07 Å². The van der Waals surface area contributed by atoms with E-state index in [-0.39, 0.29) is 40.6 Å². The zero-order valence-electron chi connectivity index (χ0n) is 18.0. The molecular weight excluding hydrogens is 473 g/mol. The normalized spacial score (nSPS) is 21.0. The number of fused-ring (bicyclic) bond motifs is 1. The number of hydrogen-bond donors (Lipinski definition) is 2. The fourth-order valence-corrected chi connectivity index (χ4v) is 5.88. The maximum Gasteiger partial charge on any atom is 0.265 e. The van der Waals surface area contributed by atoms with E-state index < -0.39 is 27.9 Å². The minimum atomic E-state index is -3.92. The molecule has 0 unspecified atom stereocenters. The number of nitrogens with one attached hydrogen (secondary N) is 2. The minimum absolute atomic E-state index is 0.00755. The number of nitrogens with zero attached hydrogens (tertiary/aromatic N) is 1. The van der Waals surface area contributed by atoms with Crippen molar-refractivity contribution < 1.29 is 27.1 Å². The summed E-state index contributed by atoms with van der Waals surface area (Å²) in [6, 6.07) is 6.84. The number of carbonyl (C=O) groups excluding carboxylic acids is 2. The van der Waals surface area contributed by atoms with Gasteiger partial charge in [-0.05, 0) is 56.5 Å². The van der Waals surface area contributed by atoms with Crippen LogP contribution in [-0.2, 0) is 19.6 Å². The number of benzene rings is 2. The summed E-state index contributed by atoms with van der Waals surface area (Å²) in [5, 5.41) is 5.27. The van der Waals surface area contributed by atoms with Crippen LogP contribution < -0.4 is 15.4 Å². The second kappa shape index (κ2) is 8.92. The SMILES string of the molecule is Cc1cc2c(cc1S(=O)(=O)N1CCC[C@@H](C(=O)Nc3ccc(F)c(Cl)c3)C1)O[C@@H](C)C(=O)N2. The van der Waals surface area contributed by atoms with Crippen molar-refractivity contribution in [2.24, 2.45) is 5.92 Å². The highest BCUT2D eigenvalue weighted by molar-refractivity contribution is 7.89. The average Bonchev–Trinajstić information content (AvgIpc) is 2.77. The van der Waals surface area contributed by atoms with Gasteiger partial charge in [0.15, 0.2) is 6.10 Å². The smallest absolute Gasteiger partial charge is 0.265 e. The third-order valence-electron chi connectivity index (χ3n) is 5.77. The van der Waals surface area contributed by atoms with Crippen molar-refractivity contribution >= 4 is 44.8 Å². The molecule has 1 fully saturated rings. The fraction of sp³-hybridized carbons (Fsp3) is 0.364. The first-order valence-electron chi connectivity index (χ1n) is 10.4. The Morgan fingerprint density at radius 1 is 1.30 bits per heavy atom. The van der Waals surface area contributed by atoms with Crippen molar-refractivity contribution in [3.8, 4) is 5.75 Å². The monoisotopic (exact) mass is 495 g/mol. The topological polar surface area (TPSA) is 105 Å². The van der Waals surface area contributed by atoms with Gasteiger partial charge in [0, 0.05) is 24.8 Å². The molecule has 0 radical (unpaired) electrons. The fourth-order valence-electron chi connectivity index (χ4n) is 3.95. The second-order valence-corrected chi connectivity index (χ2v) is 10.5. The van der Waals surface area contributed by atoms with E-state index in [9.17, 15) is 22.4 Å². The molecule has 2 aromatic rings. The Hall–Kier alpha value is -2.69. The molecule has 8 nitrogen and oxygen atoms in total. The number of piperidine rings is 1. The summed E-state index contributed by atoms with van der Waals surface area (Å²) in [5.41, 5.74) is 1.22. The van der Waals surface area contributed by atoms with Crippen molar-refractivity contribution in [2.75, 3.05) is 23.7 Å². The van der Waals surface area contributed by atoms with Crippen LogP contribution in [0.3, 0.4) is 0 Å². The molecule has 2 heterocycles. The molecule has 2 N–H and O–H groups in total. The molecule has 4 rings (SSSR count). The number of carbonyl (C=O) groups is 2. The van der Waals surface area contributed by atoms with Crippen LogP contribution in [0.5, 0.6) is 5.75 Å². The minimum Gasteiger partial charge on any atom is -0.479 e. The van der Waals surface area contributed by atoms with Crippen LogP contribution in [0.25, 0.3) is 0 Å². The number of rotatable bonds is 4. The number of aryl methyl sites for hydroxylation is 1. The van der Waals surface area contributed by atoms with Crippen molar-refractivity contribution in [3.05, 3.63) is 46.7 Å². The molecule has 2 amide bonds. The lowest BCUT2D eigenvalue weighted by molar-refractivity contribution is -0.123. The molecule has 0 aliphatic carbocycles. The highest BCUT2D eigenvalue weighted by Crippen LogP contribution is 2.36. The predicted octanol–water partition coefficient (Wildman–Crippen LogP) is 3.55. The Kier molecular flexibility index (Phi) is 6.35. The van der Waals surface area contributed by atoms with E-state index in [1.54, 1.807) is 19.9 Å². The maximum atomic E-state index is 13.4. The molecule has 1 saturated heterocycles. The Balaban J connectivity index is 1.54. The lowest BCUT2D eigenvalue weighted by Gasteiger charge is -2.32. The summed E-state index contributed by atoms with van der Waals surface area (Å²) in [6.45, 7) is 3.50. The van der Waals surface area contributed by atoms with E-state index in [1.807, 2.05) is 0 Å². The van der Waals surface area contributed by atoms with Gasteiger partial charge in [-0.1, -0.05) is 11.6 Å². The van der Waals surface area contributed by atoms with Gasteiger partial charge < -0.3 is 15.4 Å². The van der Waals surface area contributed by atoms with E-state index in [2.05, 4.69) is 10.6 Å². The average molecular weight is 496 g/mol. The van der Waals surface area contributed by atoms with E-state index in [4.69, 9.17) is 16.3 Å². The van der Waals surface area contributed by atoms with Gasteiger partial charge in [-0.2, -0.15) is 4.31 Å². The van der Waals surface area contributed by atoms with Gasteiger partial charge in [-0.15, -0.1) is 0 Å². The van der Waals surface area contributed by atoms with Crippen molar-refractivity contribution in [2.45, 2.75) is 37.7 Å².